The molecule has 0 unspecified atom stereocenters. The molecule has 3 rings (SSSR count). The minimum atomic E-state index is -1.19. The molecule has 192 valence electrons. The summed E-state index contributed by atoms with van der Waals surface area (Å²) >= 11 is 0. The van der Waals surface area contributed by atoms with E-state index in [1.807, 2.05) is 0 Å². The van der Waals surface area contributed by atoms with Crippen LogP contribution in [0.15, 0.2) is 51.8 Å². The lowest BCUT2D eigenvalue weighted by Gasteiger charge is -2.30. The highest BCUT2D eigenvalue weighted by Gasteiger charge is 2.36. The number of carboxylic acid groups (broad SMARTS) is 2. The van der Waals surface area contributed by atoms with E-state index in [1.54, 1.807) is 44.3 Å². The molecule has 36 heavy (non-hydrogen) atoms. The third-order valence-electron chi connectivity index (χ3n) is 6.69. The van der Waals surface area contributed by atoms with Gasteiger partial charge in [0.05, 0.1) is 17.1 Å². The summed E-state index contributed by atoms with van der Waals surface area (Å²) in [5.74, 6) is -2.27. The highest BCUT2D eigenvalue weighted by Crippen LogP contribution is 2.38. The summed E-state index contributed by atoms with van der Waals surface area (Å²) in [6, 6.07) is 6.85. The van der Waals surface area contributed by atoms with Gasteiger partial charge >= 0.3 is 11.9 Å². The number of allylic oxidation sites excluding steroid dienone is 2. The third-order valence-corrected chi connectivity index (χ3v) is 6.69. The number of nitriles is 1. The van der Waals surface area contributed by atoms with Crippen molar-refractivity contribution in [3.8, 4) is 6.19 Å². The smallest absolute Gasteiger partial charge is 0.334 e. The Morgan fingerprint density at radius 1 is 1.17 bits per heavy atom. The quantitative estimate of drug-likeness (QED) is 0.159. The number of carboxylic acids is 2. The van der Waals surface area contributed by atoms with Crippen molar-refractivity contribution in [3.63, 3.8) is 0 Å². The molecule has 1 aromatic rings. The van der Waals surface area contributed by atoms with Gasteiger partial charge in [0.15, 0.2) is 0 Å². The Hall–Kier alpha value is -3.84. The van der Waals surface area contributed by atoms with Crippen molar-refractivity contribution in [2.45, 2.75) is 46.0 Å². The summed E-state index contributed by atoms with van der Waals surface area (Å²) in [4.78, 5) is 30.4. The molecule has 0 atom stereocenters. The van der Waals surface area contributed by atoms with Crippen molar-refractivity contribution in [2.24, 2.45) is 10.9 Å². The second kappa shape index (κ2) is 12.2. The predicted octanol–water partition coefficient (Wildman–Crippen LogP) is 3.05. The molecule has 0 aliphatic carbocycles. The minimum Gasteiger partial charge on any atom is -0.478 e. The summed E-state index contributed by atoms with van der Waals surface area (Å²) in [5.41, 5.74) is 1.81. The number of piperidine rings is 1. The van der Waals surface area contributed by atoms with Crippen LogP contribution >= 0.6 is 0 Å². The van der Waals surface area contributed by atoms with Gasteiger partial charge in [0.25, 0.3) is 0 Å². The van der Waals surface area contributed by atoms with E-state index in [0.717, 1.165) is 32.0 Å². The Morgan fingerprint density at radius 3 is 2.39 bits per heavy atom. The first-order valence-electron chi connectivity index (χ1n) is 12.2. The molecular formula is C26H34N6O4. The van der Waals surface area contributed by atoms with Crippen LogP contribution in [0.2, 0.25) is 0 Å². The molecule has 10 heteroatoms. The molecular weight excluding hydrogens is 460 g/mol. The van der Waals surface area contributed by atoms with Gasteiger partial charge in [-0.3, -0.25) is 0 Å². The summed E-state index contributed by atoms with van der Waals surface area (Å²) in [7, 11) is 0. The monoisotopic (exact) mass is 494 g/mol. The molecule has 0 aromatic heterocycles. The lowest BCUT2D eigenvalue weighted by atomic mass is 9.80. The topological polar surface area (TPSA) is 150 Å². The SMILES string of the molecule is CC1=C(C(=O)O)C(c2cccc(N/C(=N/C#N)NCCCN3CCC(C)CC3)c2)C(C(=O)O)=C(C)N1. The number of likely N-dealkylation sites (tertiary alicyclic amines) is 1. The number of hydrogen-bond acceptors (Lipinski definition) is 6. The zero-order valence-corrected chi connectivity index (χ0v) is 21.0. The van der Waals surface area contributed by atoms with Crippen molar-refractivity contribution in [2.75, 3.05) is 31.5 Å². The highest BCUT2D eigenvalue weighted by atomic mass is 16.4. The van der Waals surface area contributed by atoms with Gasteiger partial charge in [-0.2, -0.15) is 5.26 Å². The molecule has 2 heterocycles. The molecule has 5 N–H and O–H groups in total. The first-order valence-corrected chi connectivity index (χ1v) is 12.2. The van der Waals surface area contributed by atoms with Gasteiger partial charge < -0.3 is 31.1 Å². The van der Waals surface area contributed by atoms with Crippen molar-refractivity contribution in [3.05, 3.63) is 52.4 Å². The molecule has 0 amide bonds. The molecule has 1 fully saturated rings. The highest BCUT2D eigenvalue weighted by molar-refractivity contribution is 5.99. The van der Waals surface area contributed by atoms with Crippen molar-refractivity contribution in [1.82, 2.24) is 15.5 Å². The molecule has 0 bridgehead atoms. The van der Waals surface area contributed by atoms with Gasteiger partial charge in [0.2, 0.25) is 12.2 Å². The molecule has 0 radical (unpaired) electrons. The Balaban J connectivity index is 1.73. The molecule has 2 aliphatic heterocycles. The van der Waals surface area contributed by atoms with Crippen molar-refractivity contribution < 1.29 is 19.8 Å². The van der Waals surface area contributed by atoms with Gasteiger partial charge in [-0.15, -0.1) is 4.99 Å². The summed E-state index contributed by atoms with van der Waals surface area (Å²) in [6.07, 6.45) is 5.13. The second-order valence-electron chi connectivity index (χ2n) is 9.36. The number of anilines is 1. The predicted molar refractivity (Wildman–Crippen MR) is 137 cm³/mol. The van der Waals surface area contributed by atoms with Crippen LogP contribution in [0, 0.1) is 17.4 Å². The molecule has 0 saturated carbocycles. The third kappa shape index (κ3) is 6.64. The number of hydrogen-bond donors (Lipinski definition) is 5. The number of aliphatic imine (C=N–C) groups is 1. The second-order valence-corrected chi connectivity index (χ2v) is 9.36. The van der Waals surface area contributed by atoms with Crippen LogP contribution in [0.1, 0.15) is 51.5 Å². The lowest BCUT2D eigenvalue weighted by molar-refractivity contribution is -0.133. The summed E-state index contributed by atoms with van der Waals surface area (Å²) < 4.78 is 0. The number of nitrogens with zero attached hydrogens (tertiary/aromatic N) is 3. The Kier molecular flexibility index (Phi) is 9.08. The number of aliphatic carboxylic acids is 2. The number of benzene rings is 1. The normalized spacial score (nSPS) is 18.0. The fourth-order valence-electron chi connectivity index (χ4n) is 4.78. The average molecular weight is 495 g/mol. The Bertz CT molecular complexity index is 1090. The molecule has 0 spiro atoms. The van der Waals surface area contributed by atoms with Crippen molar-refractivity contribution >= 4 is 23.6 Å². The maximum absolute atomic E-state index is 12.1. The lowest BCUT2D eigenvalue weighted by Crippen LogP contribution is -2.36. The zero-order valence-electron chi connectivity index (χ0n) is 21.0. The summed E-state index contributed by atoms with van der Waals surface area (Å²) in [5, 5.41) is 37.9. The minimum absolute atomic E-state index is 0.0219. The van der Waals surface area contributed by atoms with Gasteiger partial charge in [0.1, 0.15) is 0 Å². The van der Waals surface area contributed by atoms with Crippen LogP contribution < -0.4 is 16.0 Å². The van der Waals surface area contributed by atoms with E-state index in [-0.39, 0.29) is 17.1 Å². The van der Waals surface area contributed by atoms with E-state index >= 15 is 0 Å². The average Bonchev–Trinajstić information content (AvgIpc) is 2.82. The van der Waals surface area contributed by atoms with Gasteiger partial charge in [-0.05, 0) is 76.4 Å². The van der Waals surface area contributed by atoms with E-state index in [1.165, 1.54) is 12.8 Å². The molecule has 1 saturated heterocycles. The van der Waals surface area contributed by atoms with Gasteiger partial charge in [-0.1, -0.05) is 19.1 Å². The first-order chi connectivity index (χ1) is 17.2. The van der Waals surface area contributed by atoms with E-state index in [9.17, 15) is 19.8 Å². The fourth-order valence-corrected chi connectivity index (χ4v) is 4.78. The largest absolute Gasteiger partial charge is 0.478 e. The van der Waals surface area contributed by atoms with Crippen LogP contribution in [0.4, 0.5) is 5.69 Å². The standard InChI is InChI=1S/C26H34N6O4/c1-16-8-12-32(13-9-16)11-5-10-28-26(29-15-27)31-20-7-4-6-19(14-20)23-21(24(33)34)17(2)30-18(3)22(23)25(35)36/h4,6-7,14,16,23,30H,5,8-13H2,1-3H3,(H,33,34)(H,35,36)(H2,28,29,31). The van der Waals surface area contributed by atoms with Gasteiger partial charge in [-0.25, -0.2) is 9.59 Å². The van der Waals surface area contributed by atoms with Crippen LogP contribution in [-0.2, 0) is 9.59 Å². The number of nitrogens with one attached hydrogen (secondary N) is 3. The van der Waals surface area contributed by atoms with Crippen LogP contribution in [0.3, 0.4) is 0 Å². The zero-order chi connectivity index (χ0) is 26.2. The van der Waals surface area contributed by atoms with E-state index in [4.69, 9.17) is 5.26 Å². The maximum atomic E-state index is 12.1. The van der Waals surface area contributed by atoms with E-state index < -0.39 is 17.9 Å². The van der Waals surface area contributed by atoms with Gasteiger partial charge in [0, 0.05) is 23.6 Å². The van der Waals surface area contributed by atoms with E-state index in [0.29, 0.717) is 29.2 Å². The molecule has 1 aromatic carbocycles. The number of dihydropyridines is 1. The van der Waals surface area contributed by atoms with Crippen LogP contribution in [0.25, 0.3) is 0 Å². The summed E-state index contributed by atoms with van der Waals surface area (Å²) in [6.45, 7) is 9.34. The van der Waals surface area contributed by atoms with Crippen LogP contribution in [0.5, 0.6) is 0 Å². The molecule has 10 nitrogen and oxygen atoms in total. The number of carbonyl (C=O) groups is 2. The molecule has 2 aliphatic rings. The Labute approximate surface area is 211 Å². The number of guanidine groups is 1. The van der Waals surface area contributed by atoms with Crippen molar-refractivity contribution in [1.29, 1.82) is 5.26 Å². The fraction of sp³-hybridized carbons (Fsp3) is 0.462. The van der Waals surface area contributed by atoms with E-state index in [2.05, 4.69) is 32.8 Å². The first kappa shape index (κ1) is 26.8. The maximum Gasteiger partial charge on any atom is 0.334 e. The number of rotatable bonds is 8. The van der Waals surface area contributed by atoms with Crippen LogP contribution in [-0.4, -0.2) is 59.2 Å². The Morgan fingerprint density at radius 2 is 1.81 bits per heavy atom.